The molecule has 0 aliphatic carbocycles. The molecule has 2 aliphatic heterocycles. The van der Waals surface area contributed by atoms with Crippen molar-refractivity contribution in [1.82, 2.24) is 0 Å². The van der Waals surface area contributed by atoms with E-state index in [1.165, 1.54) is 5.56 Å². The van der Waals surface area contributed by atoms with Gasteiger partial charge in [-0.3, -0.25) is 4.79 Å². The van der Waals surface area contributed by atoms with Crippen LogP contribution in [0, 0.1) is 0 Å². The van der Waals surface area contributed by atoms with Crippen molar-refractivity contribution in [3.8, 4) is 0 Å². The smallest absolute Gasteiger partial charge is 0.181 e. The second-order valence-electron chi connectivity index (χ2n) is 7.73. The molecular formula is C26H23NO. The number of carbonyl (C=O) groups is 1. The van der Waals surface area contributed by atoms with Gasteiger partial charge < -0.3 is 4.90 Å². The Morgan fingerprint density at radius 2 is 1.39 bits per heavy atom. The van der Waals surface area contributed by atoms with Gasteiger partial charge >= 0.3 is 0 Å². The normalized spacial score (nSPS) is 25.3. The Balaban J connectivity index is 1.56. The number of fused-ring (bicyclic) bond motifs is 2. The van der Waals surface area contributed by atoms with E-state index < -0.39 is 0 Å². The Morgan fingerprint density at radius 1 is 0.786 bits per heavy atom. The van der Waals surface area contributed by atoms with Gasteiger partial charge in [0, 0.05) is 17.6 Å². The summed E-state index contributed by atoms with van der Waals surface area (Å²) in [5.74, 6) is 0.652. The number of rotatable bonds is 3. The first kappa shape index (κ1) is 17.0. The molecule has 0 radical (unpaired) electrons. The highest BCUT2D eigenvalue weighted by atomic mass is 16.1. The Morgan fingerprint density at radius 3 is 2.07 bits per heavy atom. The van der Waals surface area contributed by atoms with Crippen molar-refractivity contribution in [2.24, 2.45) is 0 Å². The fourth-order valence-electron chi connectivity index (χ4n) is 4.86. The molecule has 2 aliphatic rings. The number of Topliss-reactive ketones (excluding diaryl/α,β-unsaturated/α-hetero) is 1. The van der Waals surface area contributed by atoms with E-state index >= 15 is 0 Å². The highest BCUT2D eigenvalue weighted by molar-refractivity contribution is 6.07. The number of ketones is 1. The summed E-state index contributed by atoms with van der Waals surface area (Å²) in [6.45, 7) is 0. The molecule has 2 bridgehead atoms. The van der Waals surface area contributed by atoms with Crippen LogP contribution < -0.4 is 4.90 Å². The molecule has 2 unspecified atom stereocenters. The third-order valence-electron chi connectivity index (χ3n) is 6.11. The topological polar surface area (TPSA) is 20.3 Å². The molecule has 138 valence electrons. The maximum absolute atomic E-state index is 13.4. The fourth-order valence-corrected chi connectivity index (χ4v) is 4.86. The van der Waals surface area contributed by atoms with Crippen molar-refractivity contribution >= 4 is 17.5 Å². The lowest BCUT2D eigenvalue weighted by Crippen LogP contribution is -2.47. The van der Waals surface area contributed by atoms with Crippen LogP contribution in [0.25, 0.3) is 6.08 Å². The number of anilines is 1. The van der Waals surface area contributed by atoms with Crippen LogP contribution in [0.5, 0.6) is 0 Å². The average molecular weight is 365 g/mol. The van der Waals surface area contributed by atoms with E-state index in [9.17, 15) is 4.79 Å². The summed E-state index contributed by atoms with van der Waals surface area (Å²) in [5.41, 5.74) is 4.56. The highest BCUT2D eigenvalue weighted by Gasteiger charge is 2.49. The first-order valence-corrected chi connectivity index (χ1v) is 9.99. The third-order valence-corrected chi connectivity index (χ3v) is 6.11. The lowest BCUT2D eigenvalue weighted by molar-refractivity contribution is -0.117. The standard InChI is InChI=1S/C26H23NO/c28-26-21(16-19-10-4-1-5-11-19)17-24-23(20-12-6-2-7-13-20)18-25(26)27(24)22-14-8-3-9-15-22/h1-16,23-25H,17-18H2/b21-16-/t23-,24?,25?/m0/s1. The lowest BCUT2D eigenvalue weighted by Gasteiger charge is -2.38. The maximum atomic E-state index is 13.4. The SMILES string of the molecule is O=C1/C(=C\c2ccccc2)CC2[C@H](c3ccccc3)CC1N2c1ccccc1. The molecule has 2 fully saturated rings. The largest absolute Gasteiger partial charge is 0.357 e. The number of hydrogen-bond donors (Lipinski definition) is 0. The predicted molar refractivity (Wildman–Crippen MR) is 114 cm³/mol. The molecule has 3 aromatic carbocycles. The Kier molecular flexibility index (Phi) is 4.32. The summed E-state index contributed by atoms with van der Waals surface area (Å²) < 4.78 is 0. The van der Waals surface area contributed by atoms with Gasteiger partial charge in [0.2, 0.25) is 0 Å². The number of benzene rings is 3. The van der Waals surface area contributed by atoms with Crippen molar-refractivity contribution in [3.63, 3.8) is 0 Å². The van der Waals surface area contributed by atoms with Gasteiger partial charge in [-0.25, -0.2) is 0 Å². The van der Waals surface area contributed by atoms with Crippen molar-refractivity contribution in [3.05, 3.63) is 108 Å². The first-order valence-electron chi connectivity index (χ1n) is 9.99. The summed E-state index contributed by atoms with van der Waals surface area (Å²) in [5, 5.41) is 0. The molecule has 5 rings (SSSR count). The van der Waals surface area contributed by atoms with Crippen LogP contribution >= 0.6 is 0 Å². The van der Waals surface area contributed by atoms with Crippen LogP contribution in [-0.4, -0.2) is 17.9 Å². The second kappa shape index (κ2) is 7.12. The number of carbonyl (C=O) groups excluding carboxylic acids is 1. The summed E-state index contributed by atoms with van der Waals surface area (Å²) in [6.07, 6.45) is 3.77. The Hall–Kier alpha value is -3.13. The minimum Gasteiger partial charge on any atom is -0.357 e. The fraction of sp³-hybridized carbons (Fsp3) is 0.192. The molecule has 2 saturated heterocycles. The molecule has 2 heterocycles. The number of para-hydroxylation sites is 1. The minimum absolute atomic E-state index is 0.0821. The molecule has 0 aromatic heterocycles. The molecule has 2 heteroatoms. The summed E-state index contributed by atoms with van der Waals surface area (Å²) >= 11 is 0. The van der Waals surface area contributed by atoms with Crippen LogP contribution in [-0.2, 0) is 4.79 Å². The molecular weight excluding hydrogens is 342 g/mol. The van der Waals surface area contributed by atoms with Gasteiger partial charge in [-0.2, -0.15) is 0 Å². The van der Waals surface area contributed by atoms with Gasteiger partial charge in [-0.15, -0.1) is 0 Å². The molecule has 0 spiro atoms. The van der Waals surface area contributed by atoms with E-state index in [1.54, 1.807) is 0 Å². The third kappa shape index (κ3) is 2.95. The van der Waals surface area contributed by atoms with E-state index in [0.29, 0.717) is 12.0 Å². The van der Waals surface area contributed by atoms with Crippen LogP contribution in [0.4, 0.5) is 5.69 Å². The van der Waals surface area contributed by atoms with E-state index in [4.69, 9.17) is 0 Å². The monoisotopic (exact) mass is 365 g/mol. The van der Waals surface area contributed by atoms with Crippen LogP contribution in [0.1, 0.15) is 29.9 Å². The molecule has 0 N–H and O–H groups in total. The van der Waals surface area contributed by atoms with Gasteiger partial charge in [0.1, 0.15) is 0 Å². The average Bonchev–Trinajstić information content (AvgIpc) is 3.07. The Labute approximate surface area is 166 Å². The van der Waals surface area contributed by atoms with Crippen molar-refractivity contribution in [2.75, 3.05) is 4.90 Å². The zero-order valence-electron chi connectivity index (χ0n) is 15.7. The highest BCUT2D eigenvalue weighted by Crippen LogP contribution is 2.47. The van der Waals surface area contributed by atoms with E-state index in [2.05, 4.69) is 77.7 Å². The number of piperidine rings is 1. The number of nitrogens with zero attached hydrogens (tertiary/aromatic N) is 1. The van der Waals surface area contributed by atoms with Crippen molar-refractivity contribution < 1.29 is 4.79 Å². The quantitative estimate of drug-likeness (QED) is 0.573. The van der Waals surface area contributed by atoms with E-state index in [1.807, 2.05) is 24.3 Å². The summed E-state index contributed by atoms with van der Waals surface area (Å²) in [7, 11) is 0. The minimum atomic E-state index is -0.0821. The van der Waals surface area contributed by atoms with Gasteiger partial charge in [0.15, 0.2) is 5.78 Å². The van der Waals surface area contributed by atoms with Gasteiger partial charge in [0.05, 0.1) is 6.04 Å². The zero-order chi connectivity index (χ0) is 18.9. The lowest BCUT2D eigenvalue weighted by atomic mass is 9.88. The van der Waals surface area contributed by atoms with Crippen LogP contribution in [0.2, 0.25) is 0 Å². The first-order chi connectivity index (χ1) is 13.8. The zero-order valence-corrected chi connectivity index (χ0v) is 15.7. The molecule has 0 saturated carbocycles. The Bertz CT molecular complexity index is 994. The summed E-state index contributed by atoms with van der Waals surface area (Å²) in [4.78, 5) is 15.8. The van der Waals surface area contributed by atoms with Gasteiger partial charge in [-0.05, 0) is 47.8 Å². The van der Waals surface area contributed by atoms with Crippen LogP contribution in [0.15, 0.2) is 96.6 Å². The molecule has 28 heavy (non-hydrogen) atoms. The van der Waals surface area contributed by atoms with Crippen LogP contribution in [0.3, 0.4) is 0 Å². The van der Waals surface area contributed by atoms with Crippen molar-refractivity contribution in [1.29, 1.82) is 0 Å². The van der Waals surface area contributed by atoms with Crippen molar-refractivity contribution in [2.45, 2.75) is 30.8 Å². The summed E-state index contributed by atoms with van der Waals surface area (Å²) in [6, 6.07) is 31.5. The van der Waals surface area contributed by atoms with Gasteiger partial charge in [-0.1, -0.05) is 78.9 Å². The maximum Gasteiger partial charge on any atom is 0.181 e. The molecule has 0 amide bonds. The van der Waals surface area contributed by atoms with Gasteiger partial charge in [0.25, 0.3) is 0 Å². The second-order valence-corrected chi connectivity index (χ2v) is 7.73. The molecule has 2 nitrogen and oxygen atoms in total. The predicted octanol–water partition coefficient (Wildman–Crippen LogP) is 5.47. The number of hydrogen-bond acceptors (Lipinski definition) is 2. The van der Waals surface area contributed by atoms with E-state index in [-0.39, 0.29) is 11.8 Å². The molecule has 3 aromatic rings. The molecule has 3 atom stereocenters. The van der Waals surface area contributed by atoms with E-state index in [0.717, 1.165) is 29.7 Å².